The molecule has 0 aliphatic carbocycles. The van der Waals surface area contributed by atoms with Crippen molar-refractivity contribution in [2.24, 2.45) is 0 Å². The highest BCUT2D eigenvalue weighted by atomic mass is 19.4. The summed E-state index contributed by atoms with van der Waals surface area (Å²) < 4.78 is 35.6. The molecule has 0 amide bonds. The summed E-state index contributed by atoms with van der Waals surface area (Å²) in [5.41, 5.74) is 1.32. The number of hydrogen-bond acceptors (Lipinski definition) is 1. The molecule has 4 heteroatoms. The molecule has 88 valence electrons. The lowest BCUT2D eigenvalue weighted by Crippen LogP contribution is -2.09. The first-order valence-electron chi connectivity index (χ1n) is 5.06. The smallest absolute Gasteiger partial charge is 0.294 e. The van der Waals surface area contributed by atoms with Crippen LogP contribution < -0.4 is 0 Å². The fourth-order valence-electron chi connectivity index (χ4n) is 1.47. The number of carbonyl (C=O) groups is 1. The molecule has 0 bridgehead atoms. The molecular weight excluding hydrogens is 217 g/mol. The van der Waals surface area contributed by atoms with Crippen LogP contribution in [-0.2, 0) is 0 Å². The maximum Gasteiger partial charge on any atom is 0.389 e. The van der Waals surface area contributed by atoms with Crippen molar-refractivity contribution in [3.05, 3.63) is 35.4 Å². The van der Waals surface area contributed by atoms with Crippen molar-refractivity contribution in [3.63, 3.8) is 0 Å². The zero-order valence-electron chi connectivity index (χ0n) is 8.97. The van der Waals surface area contributed by atoms with Crippen molar-refractivity contribution < 1.29 is 18.0 Å². The van der Waals surface area contributed by atoms with Crippen LogP contribution in [-0.4, -0.2) is 12.0 Å². The van der Waals surface area contributed by atoms with Crippen LogP contribution in [0.25, 0.3) is 0 Å². The van der Waals surface area contributed by atoms with E-state index >= 15 is 0 Å². The largest absolute Gasteiger partial charge is 0.389 e. The Morgan fingerprint density at radius 3 is 2.44 bits per heavy atom. The Morgan fingerprint density at radius 2 is 1.88 bits per heavy atom. The zero-order chi connectivity index (χ0) is 12.2. The van der Waals surface area contributed by atoms with Crippen molar-refractivity contribution in [1.82, 2.24) is 0 Å². The van der Waals surface area contributed by atoms with Crippen molar-refractivity contribution >= 4 is 5.78 Å². The number of benzene rings is 1. The van der Waals surface area contributed by atoms with E-state index in [9.17, 15) is 18.0 Å². The predicted octanol–water partition coefficient (Wildman–Crippen LogP) is 3.91. The number of ketones is 1. The molecule has 1 rings (SSSR count). The molecule has 16 heavy (non-hydrogen) atoms. The maximum absolute atomic E-state index is 11.9. The highest BCUT2D eigenvalue weighted by molar-refractivity contribution is 5.97. The maximum atomic E-state index is 11.9. The first-order chi connectivity index (χ1) is 7.40. The molecule has 0 aliphatic heterocycles. The predicted molar refractivity (Wildman–Crippen MR) is 55.4 cm³/mol. The van der Waals surface area contributed by atoms with Gasteiger partial charge in [0.05, 0.1) is 0 Å². The van der Waals surface area contributed by atoms with Crippen molar-refractivity contribution in [2.75, 3.05) is 0 Å². The van der Waals surface area contributed by atoms with Crippen LogP contribution in [0, 0.1) is 6.92 Å². The first kappa shape index (κ1) is 12.7. The van der Waals surface area contributed by atoms with Gasteiger partial charge in [-0.05, 0) is 18.9 Å². The lowest BCUT2D eigenvalue weighted by Gasteiger charge is -2.06. The molecule has 0 unspecified atom stereocenters. The summed E-state index contributed by atoms with van der Waals surface area (Å²) in [4.78, 5) is 11.6. The topological polar surface area (TPSA) is 17.1 Å². The third-order valence-electron chi connectivity index (χ3n) is 2.31. The van der Waals surface area contributed by atoms with Gasteiger partial charge in [0.2, 0.25) is 0 Å². The summed E-state index contributed by atoms with van der Waals surface area (Å²) in [7, 11) is 0. The van der Waals surface area contributed by atoms with Crippen molar-refractivity contribution in [3.8, 4) is 0 Å². The standard InChI is InChI=1S/C12H13F3O/c1-9-5-2-3-6-10(9)11(16)7-4-8-12(13,14)15/h2-3,5-6H,4,7-8H2,1H3. The third-order valence-corrected chi connectivity index (χ3v) is 2.31. The molecule has 0 atom stereocenters. The summed E-state index contributed by atoms with van der Waals surface area (Å²) in [6.07, 6.45) is -5.27. The second-order valence-corrected chi connectivity index (χ2v) is 3.71. The van der Waals surface area contributed by atoms with Crippen LogP contribution in [0.2, 0.25) is 0 Å². The van der Waals surface area contributed by atoms with E-state index in [0.717, 1.165) is 5.56 Å². The van der Waals surface area contributed by atoms with Gasteiger partial charge in [-0.2, -0.15) is 13.2 Å². The van der Waals surface area contributed by atoms with Crippen molar-refractivity contribution in [1.29, 1.82) is 0 Å². The van der Waals surface area contributed by atoms with Crippen LogP contribution >= 0.6 is 0 Å². The van der Waals surface area contributed by atoms with Gasteiger partial charge in [-0.25, -0.2) is 0 Å². The first-order valence-corrected chi connectivity index (χ1v) is 5.06. The minimum absolute atomic E-state index is 0.0512. The Kier molecular flexibility index (Phi) is 4.10. The molecule has 0 heterocycles. The van der Waals surface area contributed by atoms with Gasteiger partial charge >= 0.3 is 6.18 Å². The molecule has 1 aromatic rings. The summed E-state index contributed by atoms with van der Waals surface area (Å²) in [5, 5.41) is 0. The lowest BCUT2D eigenvalue weighted by molar-refractivity contribution is -0.135. The second-order valence-electron chi connectivity index (χ2n) is 3.71. The Bertz CT molecular complexity index is 369. The molecule has 0 N–H and O–H groups in total. The fourth-order valence-corrected chi connectivity index (χ4v) is 1.47. The highest BCUT2D eigenvalue weighted by Gasteiger charge is 2.26. The minimum Gasteiger partial charge on any atom is -0.294 e. The van der Waals surface area contributed by atoms with Gasteiger partial charge in [-0.3, -0.25) is 4.79 Å². The van der Waals surface area contributed by atoms with E-state index in [0.29, 0.717) is 5.56 Å². The second kappa shape index (κ2) is 5.14. The van der Waals surface area contributed by atoms with Gasteiger partial charge in [0.1, 0.15) is 0 Å². The SMILES string of the molecule is Cc1ccccc1C(=O)CCCC(F)(F)F. The summed E-state index contributed by atoms with van der Waals surface area (Å²) in [5.74, 6) is -0.220. The molecule has 1 nitrogen and oxygen atoms in total. The zero-order valence-corrected chi connectivity index (χ0v) is 8.97. The van der Waals surface area contributed by atoms with Crippen molar-refractivity contribution in [2.45, 2.75) is 32.4 Å². The molecule has 0 saturated carbocycles. The van der Waals surface area contributed by atoms with Crippen LogP contribution in [0.5, 0.6) is 0 Å². The Labute approximate surface area is 92.3 Å². The van der Waals surface area contributed by atoms with Crippen LogP contribution in [0.15, 0.2) is 24.3 Å². The minimum atomic E-state index is -4.17. The number of Topliss-reactive ketones (excluding diaryl/α,β-unsaturated/α-hetero) is 1. The number of rotatable bonds is 4. The number of alkyl halides is 3. The van der Waals surface area contributed by atoms with Gasteiger partial charge in [-0.15, -0.1) is 0 Å². The molecule has 0 spiro atoms. The Hall–Kier alpha value is -1.32. The molecule has 0 fully saturated rings. The van der Waals surface area contributed by atoms with E-state index in [2.05, 4.69) is 0 Å². The molecule has 0 saturated heterocycles. The lowest BCUT2D eigenvalue weighted by atomic mass is 10.0. The summed E-state index contributed by atoms with van der Waals surface area (Å²) in [6, 6.07) is 6.92. The molecule has 0 radical (unpaired) electrons. The summed E-state index contributed by atoms with van der Waals surface area (Å²) >= 11 is 0. The fraction of sp³-hybridized carbons (Fsp3) is 0.417. The molecule has 0 aliphatic rings. The van der Waals surface area contributed by atoms with E-state index in [-0.39, 0.29) is 18.6 Å². The van der Waals surface area contributed by atoms with E-state index in [1.807, 2.05) is 0 Å². The van der Waals surface area contributed by atoms with E-state index < -0.39 is 12.6 Å². The van der Waals surface area contributed by atoms with E-state index in [1.54, 1.807) is 31.2 Å². The monoisotopic (exact) mass is 230 g/mol. The van der Waals surface area contributed by atoms with Gasteiger partial charge in [0.15, 0.2) is 5.78 Å². The average molecular weight is 230 g/mol. The molecular formula is C12H13F3O. The Morgan fingerprint density at radius 1 is 1.25 bits per heavy atom. The number of carbonyl (C=O) groups excluding carboxylic acids is 1. The summed E-state index contributed by atoms with van der Waals surface area (Å²) in [6.45, 7) is 1.77. The van der Waals surface area contributed by atoms with Crippen LogP contribution in [0.3, 0.4) is 0 Å². The van der Waals surface area contributed by atoms with Gasteiger partial charge < -0.3 is 0 Å². The van der Waals surface area contributed by atoms with Crippen LogP contribution in [0.4, 0.5) is 13.2 Å². The number of hydrogen-bond donors (Lipinski definition) is 0. The Balaban J connectivity index is 2.51. The van der Waals surface area contributed by atoms with E-state index in [4.69, 9.17) is 0 Å². The number of aryl methyl sites for hydroxylation is 1. The average Bonchev–Trinajstić information content (AvgIpc) is 2.16. The highest BCUT2D eigenvalue weighted by Crippen LogP contribution is 2.23. The normalized spacial score (nSPS) is 11.5. The van der Waals surface area contributed by atoms with Crippen LogP contribution in [0.1, 0.15) is 35.2 Å². The van der Waals surface area contributed by atoms with Gasteiger partial charge in [0, 0.05) is 18.4 Å². The molecule has 0 aromatic heterocycles. The number of halogens is 3. The van der Waals surface area contributed by atoms with Gasteiger partial charge in [0.25, 0.3) is 0 Å². The van der Waals surface area contributed by atoms with Gasteiger partial charge in [-0.1, -0.05) is 24.3 Å². The molecule has 1 aromatic carbocycles. The third kappa shape index (κ3) is 4.04. The van der Waals surface area contributed by atoms with E-state index in [1.165, 1.54) is 0 Å². The quantitative estimate of drug-likeness (QED) is 0.717.